The molecule has 10 heteroatoms. The van der Waals surface area contributed by atoms with E-state index in [1.807, 2.05) is 0 Å². The maximum Gasteiger partial charge on any atom is 0.261 e. The summed E-state index contributed by atoms with van der Waals surface area (Å²) in [7, 11) is -7.65. The molecule has 1 heterocycles. The Hall–Kier alpha value is -2.10. The molecular weight excluding hydrogens is 412 g/mol. The van der Waals surface area contributed by atoms with Gasteiger partial charge in [-0.3, -0.25) is 9.52 Å². The Balaban J connectivity index is 1.91. The highest BCUT2D eigenvalue weighted by Gasteiger charge is 2.41. The summed E-state index contributed by atoms with van der Waals surface area (Å²) in [4.78, 5) is 12.1. The van der Waals surface area contributed by atoms with E-state index in [0.717, 1.165) is 4.31 Å². The number of amides is 1. The summed E-state index contributed by atoms with van der Waals surface area (Å²) in [5, 5.41) is 0.389. The van der Waals surface area contributed by atoms with Gasteiger partial charge in [-0.05, 0) is 48.9 Å². The van der Waals surface area contributed by atoms with Crippen LogP contribution < -0.4 is 9.03 Å². The van der Waals surface area contributed by atoms with Gasteiger partial charge in [0.1, 0.15) is 0 Å². The number of nitrogens with zero attached hydrogens (tertiary/aromatic N) is 1. The second-order valence-corrected chi connectivity index (χ2v) is 10.3. The minimum atomic E-state index is -3.91. The molecule has 1 amide bonds. The molecule has 1 aliphatic heterocycles. The van der Waals surface area contributed by atoms with Crippen molar-refractivity contribution in [2.24, 2.45) is 5.92 Å². The van der Waals surface area contributed by atoms with E-state index in [1.54, 1.807) is 19.1 Å². The molecular formula is C17H17ClN2O5S2. The van der Waals surface area contributed by atoms with Crippen LogP contribution >= 0.6 is 11.6 Å². The molecule has 1 fully saturated rings. The number of benzene rings is 2. The van der Waals surface area contributed by atoms with Crippen LogP contribution in [0.5, 0.6) is 0 Å². The van der Waals surface area contributed by atoms with Gasteiger partial charge in [-0.1, -0.05) is 24.6 Å². The second kappa shape index (κ2) is 6.81. The highest BCUT2D eigenvalue weighted by atomic mass is 35.5. The SMILES string of the molecule is Cc1ccc(Cl)cc1NS(=O)(=O)c1ccc(N2C(=O)C(C)CS2(=O)=O)cc1. The predicted octanol–water partition coefficient (Wildman–Crippen LogP) is 2.76. The third kappa shape index (κ3) is 3.80. The molecule has 0 saturated carbocycles. The van der Waals surface area contributed by atoms with E-state index in [1.165, 1.54) is 37.3 Å². The minimum absolute atomic E-state index is 0.0669. The Morgan fingerprint density at radius 2 is 1.78 bits per heavy atom. The van der Waals surface area contributed by atoms with Crippen molar-refractivity contribution in [1.82, 2.24) is 0 Å². The molecule has 3 rings (SSSR count). The van der Waals surface area contributed by atoms with Gasteiger partial charge in [-0.2, -0.15) is 0 Å². The van der Waals surface area contributed by atoms with Crippen molar-refractivity contribution in [1.29, 1.82) is 0 Å². The zero-order valence-corrected chi connectivity index (χ0v) is 16.9. The molecule has 27 heavy (non-hydrogen) atoms. The van der Waals surface area contributed by atoms with Crippen molar-refractivity contribution >= 4 is 48.9 Å². The first-order valence-electron chi connectivity index (χ1n) is 7.97. The first-order valence-corrected chi connectivity index (χ1v) is 11.4. The number of aryl methyl sites for hydroxylation is 1. The summed E-state index contributed by atoms with van der Waals surface area (Å²) in [6.45, 7) is 3.28. The smallest absolute Gasteiger partial charge is 0.261 e. The van der Waals surface area contributed by atoms with Gasteiger partial charge in [0, 0.05) is 5.02 Å². The fourth-order valence-corrected chi connectivity index (χ4v) is 5.87. The van der Waals surface area contributed by atoms with Crippen LogP contribution in [0.25, 0.3) is 0 Å². The molecule has 2 aromatic carbocycles. The van der Waals surface area contributed by atoms with Gasteiger partial charge in [0.15, 0.2) is 0 Å². The molecule has 144 valence electrons. The van der Waals surface area contributed by atoms with Gasteiger partial charge in [0.2, 0.25) is 15.9 Å². The molecule has 0 spiro atoms. The van der Waals surface area contributed by atoms with Crippen molar-refractivity contribution < 1.29 is 21.6 Å². The van der Waals surface area contributed by atoms with Gasteiger partial charge in [-0.15, -0.1) is 0 Å². The van der Waals surface area contributed by atoms with Gasteiger partial charge < -0.3 is 0 Å². The average Bonchev–Trinajstić information content (AvgIpc) is 2.78. The number of hydrogen-bond acceptors (Lipinski definition) is 5. The number of halogens is 1. The second-order valence-electron chi connectivity index (χ2n) is 6.34. The van der Waals surface area contributed by atoms with Gasteiger partial charge in [-0.25, -0.2) is 21.1 Å². The van der Waals surface area contributed by atoms with Crippen molar-refractivity contribution in [3.63, 3.8) is 0 Å². The van der Waals surface area contributed by atoms with Crippen LogP contribution in [0.1, 0.15) is 12.5 Å². The Bertz CT molecular complexity index is 1110. The molecule has 7 nitrogen and oxygen atoms in total. The number of carbonyl (C=O) groups is 1. The number of rotatable bonds is 4. The van der Waals surface area contributed by atoms with Crippen LogP contribution in [-0.2, 0) is 24.8 Å². The van der Waals surface area contributed by atoms with E-state index in [-0.39, 0.29) is 16.3 Å². The highest BCUT2D eigenvalue weighted by molar-refractivity contribution is 7.94. The van der Waals surface area contributed by atoms with Gasteiger partial charge >= 0.3 is 0 Å². The summed E-state index contributed by atoms with van der Waals surface area (Å²) in [6.07, 6.45) is 0. The standard InChI is InChI=1S/C17H17ClN2O5S2/c1-11-3-4-13(18)9-16(11)19-27(24,25)15-7-5-14(6-8-15)20-17(21)12(2)10-26(20,22)23/h3-9,12,19H,10H2,1-2H3. The van der Waals surface area contributed by atoms with Crippen molar-refractivity contribution in [3.8, 4) is 0 Å². The summed E-state index contributed by atoms with van der Waals surface area (Å²) in [6, 6.07) is 9.94. The first kappa shape index (κ1) is 19.7. The zero-order chi connectivity index (χ0) is 20.0. The minimum Gasteiger partial charge on any atom is -0.279 e. The van der Waals surface area contributed by atoms with Crippen molar-refractivity contribution in [3.05, 3.63) is 53.1 Å². The average molecular weight is 429 g/mol. The molecule has 1 unspecified atom stereocenters. The predicted molar refractivity (Wildman–Crippen MR) is 104 cm³/mol. The molecule has 2 aromatic rings. The van der Waals surface area contributed by atoms with Gasteiger partial charge in [0.05, 0.1) is 27.9 Å². The number of anilines is 2. The van der Waals surface area contributed by atoms with Crippen LogP contribution in [0.4, 0.5) is 11.4 Å². The van der Waals surface area contributed by atoms with E-state index < -0.39 is 31.9 Å². The Kier molecular flexibility index (Phi) is 4.96. The molecule has 1 atom stereocenters. The van der Waals surface area contributed by atoms with Crippen LogP contribution in [0.15, 0.2) is 47.4 Å². The fourth-order valence-electron chi connectivity index (χ4n) is 2.76. The van der Waals surface area contributed by atoms with Crippen molar-refractivity contribution in [2.45, 2.75) is 18.7 Å². The maximum absolute atomic E-state index is 12.6. The summed E-state index contributed by atoms with van der Waals surface area (Å²) < 4.78 is 52.6. The molecule has 1 N–H and O–H groups in total. The van der Waals surface area contributed by atoms with E-state index in [0.29, 0.717) is 16.3 Å². The number of nitrogens with one attached hydrogen (secondary N) is 1. The number of sulfonamides is 2. The first-order chi connectivity index (χ1) is 12.5. The topological polar surface area (TPSA) is 101 Å². The van der Waals surface area contributed by atoms with Crippen LogP contribution in [-0.4, -0.2) is 28.5 Å². The van der Waals surface area contributed by atoms with Crippen molar-refractivity contribution in [2.75, 3.05) is 14.8 Å². The third-order valence-corrected chi connectivity index (χ3v) is 7.67. The van der Waals surface area contributed by atoms with Crippen LogP contribution in [0.3, 0.4) is 0 Å². The lowest BCUT2D eigenvalue weighted by Crippen LogP contribution is -2.30. The van der Waals surface area contributed by atoms with E-state index in [4.69, 9.17) is 11.6 Å². The Morgan fingerprint density at radius 3 is 2.33 bits per heavy atom. The third-order valence-electron chi connectivity index (χ3n) is 4.19. The van der Waals surface area contributed by atoms with E-state index in [2.05, 4.69) is 4.72 Å². The zero-order valence-electron chi connectivity index (χ0n) is 14.5. The molecule has 0 aromatic heterocycles. The number of hydrogen-bond donors (Lipinski definition) is 1. The van der Waals surface area contributed by atoms with E-state index >= 15 is 0 Å². The largest absolute Gasteiger partial charge is 0.279 e. The van der Waals surface area contributed by atoms with E-state index in [9.17, 15) is 21.6 Å². The van der Waals surface area contributed by atoms with Crippen LogP contribution in [0, 0.1) is 12.8 Å². The summed E-state index contributed by atoms with van der Waals surface area (Å²) in [5.41, 5.74) is 1.15. The molecule has 0 aliphatic carbocycles. The molecule has 0 bridgehead atoms. The lowest BCUT2D eigenvalue weighted by Gasteiger charge is -2.16. The lowest BCUT2D eigenvalue weighted by molar-refractivity contribution is -0.119. The number of carbonyl (C=O) groups excluding carboxylic acids is 1. The Morgan fingerprint density at radius 1 is 1.15 bits per heavy atom. The quantitative estimate of drug-likeness (QED) is 0.806. The van der Waals surface area contributed by atoms with Crippen LogP contribution in [0.2, 0.25) is 5.02 Å². The van der Waals surface area contributed by atoms with Gasteiger partial charge in [0.25, 0.3) is 10.0 Å². The summed E-state index contributed by atoms with van der Waals surface area (Å²) in [5.74, 6) is -1.43. The Labute approximate surface area is 163 Å². The lowest BCUT2D eigenvalue weighted by atomic mass is 10.2. The molecule has 0 radical (unpaired) electrons. The molecule has 1 saturated heterocycles. The highest BCUT2D eigenvalue weighted by Crippen LogP contribution is 2.30. The summed E-state index contributed by atoms with van der Waals surface area (Å²) >= 11 is 5.91. The fraction of sp³-hybridized carbons (Fsp3) is 0.235. The normalized spacial score (nSPS) is 19.3. The molecule has 1 aliphatic rings. The monoisotopic (exact) mass is 428 g/mol. The maximum atomic E-state index is 12.6.